The molecule has 15 heavy (non-hydrogen) atoms. The van der Waals surface area contributed by atoms with Gasteiger partial charge in [-0.05, 0) is 13.3 Å². The Kier molecular flexibility index (Phi) is 3.96. The lowest BCUT2D eigenvalue weighted by Gasteiger charge is -2.23. The molecule has 5 heteroatoms. The zero-order valence-corrected chi connectivity index (χ0v) is 9.00. The molecular formula is C10H16FN3O. The van der Waals surface area contributed by atoms with Crippen molar-refractivity contribution in [1.82, 2.24) is 9.97 Å². The zero-order chi connectivity index (χ0) is 11.3. The maximum atomic E-state index is 12.7. The van der Waals surface area contributed by atoms with E-state index in [-0.39, 0.29) is 0 Å². The predicted molar refractivity (Wildman–Crippen MR) is 56.0 cm³/mol. The Morgan fingerprint density at radius 2 is 2.27 bits per heavy atom. The Hall–Kier alpha value is -1.23. The van der Waals surface area contributed by atoms with Crippen molar-refractivity contribution in [1.29, 1.82) is 0 Å². The molecule has 0 radical (unpaired) electrons. The van der Waals surface area contributed by atoms with E-state index in [0.717, 1.165) is 12.7 Å². The highest BCUT2D eigenvalue weighted by atomic mass is 19.1. The van der Waals surface area contributed by atoms with Crippen LogP contribution >= 0.6 is 0 Å². The van der Waals surface area contributed by atoms with Crippen molar-refractivity contribution in [2.24, 2.45) is 0 Å². The Morgan fingerprint density at radius 1 is 1.53 bits per heavy atom. The zero-order valence-electron chi connectivity index (χ0n) is 9.00. The van der Waals surface area contributed by atoms with Gasteiger partial charge in [-0.2, -0.15) is 4.39 Å². The van der Waals surface area contributed by atoms with E-state index in [1.165, 1.54) is 6.07 Å². The fourth-order valence-corrected chi connectivity index (χ4v) is 1.34. The predicted octanol–water partition coefficient (Wildman–Crippen LogP) is 1.58. The third-order valence-corrected chi connectivity index (χ3v) is 2.07. The molecule has 4 nitrogen and oxygen atoms in total. The monoisotopic (exact) mass is 213 g/mol. The molecule has 0 aliphatic heterocycles. The Bertz CT molecular complexity index is 317. The number of anilines is 1. The number of aliphatic hydroxyl groups is 1. The van der Waals surface area contributed by atoms with E-state index in [2.05, 4.69) is 15.3 Å². The summed E-state index contributed by atoms with van der Waals surface area (Å²) in [5.41, 5.74) is -0.795. The summed E-state index contributed by atoms with van der Waals surface area (Å²) in [5.74, 6) is -0.193. The summed E-state index contributed by atoms with van der Waals surface area (Å²) in [6.07, 6.45) is 2.73. The molecule has 0 spiro atoms. The first-order chi connectivity index (χ1) is 7.03. The van der Waals surface area contributed by atoms with Gasteiger partial charge >= 0.3 is 0 Å². The van der Waals surface area contributed by atoms with Crippen molar-refractivity contribution in [3.63, 3.8) is 0 Å². The number of hydrogen-bond acceptors (Lipinski definition) is 4. The van der Waals surface area contributed by atoms with Gasteiger partial charge < -0.3 is 10.4 Å². The second kappa shape index (κ2) is 5.02. The van der Waals surface area contributed by atoms with Gasteiger partial charge in [0.25, 0.3) is 0 Å². The second-order valence-electron chi connectivity index (χ2n) is 3.83. The molecule has 1 aromatic heterocycles. The third kappa shape index (κ3) is 4.20. The van der Waals surface area contributed by atoms with Crippen LogP contribution in [0, 0.1) is 5.95 Å². The first-order valence-electron chi connectivity index (χ1n) is 4.97. The van der Waals surface area contributed by atoms with E-state index < -0.39 is 11.5 Å². The summed E-state index contributed by atoms with van der Waals surface area (Å²) >= 11 is 0. The van der Waals surface area contributed by atoms with Crippen molar-refractivity contribution in [2.45, 2.75) is 32.3 Å². The summed E-state index contributed by atoms with van der Waals surface area (Å²) in [6, 6.07) is 1.20. The minimum absolute atomic E-state index is 0.345. The van der Waals surface area contributed by atoms with Crippen LogP contribution < -0.4 is 5.32 Å². The molecule has 2 N–H and O–H groups in total. The van der Waals surface area contributed by atoms with Crippen LogP contribution in [0.15, 0.2) is 12.4 Å². The van der Waals surface area contributed by atoms with Gasteiger partial charge in [0.1, 0.15) is 12.1 Å². The van der Waals surface area contributed by atoms with E-state index in [1.807, 2.05) is 6.92 Å². The fourth-order valence-electron chi connectivity index (χ4n) is 1.34. The first kappa shape index (κ1) is 11.8. The van der Waals surface area contributed by atoms with Crippen LogP contribution in [-0.2, 0) is 0 Å². The van der Waals surface area contributed by atoms with Crippen molar-refractivity contribution < 1.29 is 9.50 Å². The lowest BCUT2D eigenvalue weighted by molar-refractivity contribution is 0.0636. The quantitative estimate of drug-likeness (QED) is 0.729. The standard InChI is InChI=1S/C10H16FN3O/c1-3-4-10(2,15)6-12-9-5-8(11)13-7-14-9/h5,7,15H,3-4,6H2,1-2H3,(H,12,13,14). The Morgan fingerprint density at radius 3 is 2.87 bits per heavy atom. The molecule has 0 amide bonds. The summed E-state index contributed by atoms with van der Waals surface area (Å²) in [6.45, 7) is 4.08. The fraction of sp³-hybridized carbons (Fsp3) is 0.600. The molecule has 0 aromatic carbocycles. The highest BCUT2D eigenvalue weighted by molar-refractivity contribution is 5.32. The molecular weight excluding hydrogens is 197 g/mol. The molecule has 0 fully saturated rings. The number of rotatable bonds is 5. The molecule has 1 atom stereocenters. The van der Waals surface area contributed by atoms with E-state index in [1.54, 1.807) is 6.92 Å². The highest BCUT2D eigenvalue weighted by Crippen LogP contribution is 2.12. The highest BCUT2D eigenvalue weighted by Gasteiger charge is 2.18. The van der Waals surface area contributed by atoms with Gasteiger partial charge in [-0.25, -0.2) is 9.97 Å². The van der Waals surface area contributed by atoms with Crippen LogP contribution in [-0.4, -0.2) is 27.2 Å². The molecule has 0 saturated carbocycles. The molecule has 0 saturated heterocycles. The molecule has 84 valence electrons. The number of aromatic nitrogens is 2. The number of nitrogens with zero attached hydrogens (tertiary/aromatic N) is 2. The Labute approximate surface area is 88.6 Å². The van der Waals surface area contributed by atoms with Crippen molar-refractivity contribution in [3.8, 4) is 0 Å². The van der Waals surface area contributed by atoms with E-state index in [4.69, 9.17) is 0 Å². The topological polar surface area (TPSA) is 58.0 Å². The third-order valence-electron chi connectivity index (χ3n) is 2.07. The lowest BCUT2D eigenvalue weighted by atomic mass is 10.0. The van der Waals surface area contributed by atoms with Gasteiger partial charge in [0.15, 0.2) is 0 Å². The van der Waals surface area contributed by atoms with E-state index >= 15 is 0 Å². The molecule has 0 aliphatic rings. The van der Waals surface area contributed by atoms with Crippen LogP contribution in [0.4, 0.5) is 10.2 Å². The minimum atomic E-state index is -0.795. The summed E-state index contributed by atoms with van der Waals surface area (Å²) in [5, 5.41) is 12.7. The van der Waals surface area contributed by atoms with Gasteiger partial charge in [0.05, 0.1) is 5.60 Å². The first-order valence-corrected chi connectivity index (χ1v) is 4.97. The second-order valence-corrected chi connectivity index (χ2v) is 3.83. The average molecular weight is 213 g/mol. The molecule has 0 bridgehead atoms. The molecule has 1 unspecified atom stereocenters. The smallest absolute Gasteiger partial charge is 0.217 e. The number of nitrogens with one attached hydrogen (secondary N) is 1. The van der Waals surface area contributed by atoms with Crippen molar-refractivity contribution >= 4 is 5.82 Å². The molecule has 1 heterocycles. The van der Waals surface area contributed by atoms with E-state index in [9.17, 15) is 9.50 Å². The van der Waals surface area contributed by atoms with Crippen LogP contribution in [0.2, 0.25) is 0 Å². The summed E-state index contributed by atoms with van der Waals surface area (Å²) in [4.78, 5) is 7.17. The van der Waals surface area contributed by atoms with Crippen LogP contribution in [0.1, 0.15) is 26.7 Å². The van der Waals surface area contributed by atoms with Gasteiger partial charge in [-0.1, -0.05) is 13.3 Å². The largest absolute Gasteiger partial charge is 0.388 e. The number of hydrogen-bond donors (Lipinski definition) is 2. The molecule has 1 aromatic rings. The van der Waals surface area contributed by atoms with Crippen LogP contribution in [0.5, 0.6) is 0 Å². The summed E-state index contributed by atoms with van der Waals surface area (Å²) < 4.78 is 12.7. The van der Waals surface area contributed by atoms with Gasteiger partial charge in [-0.15, -0.1) is 0 Å². The molecule has 0 aliphatic carbocycles. The maximum Gasteiger partial charge on any atom is 0.217 e. The van der Waals surface area contributed by atoms with Gasteiger partial charge in [0.2, 0.25) is 5.95 Å². The van der Waals surface area contributed by atoms with Gasteiger partial charge in [-0.3, -0.25) is 0 Å². The van der Waals surface area contributed by atoms with Crippen LogP contribution in [0.25, 0.3) is 0 Å². The number of halogens is 1. The van der Waals surface area contributed by atoms with Crippen molar-refractivity contribution in [2.75, 3.05) is 11.9 Å². The normalized spacial score (nSPS) is 14.7. The van der Waals surface area contributed by atoms with Crippen LogP contribution in [0.3, 0.4) is 0 Å². The van der Waals surface area contributed by atoms with E-state index in [0.29, 0.717) is 18.8 Å². The summed E-state index contributed by atoms with van der Waals surface area (Å²) in [7, 11) is 0. The minimum Gasteiger partial charge on any atom is -0.388 e. The SMILES string of the molecule is CCCC(C)(O)CNc1cc(F)ncn1. The average Bonchev–Trinajstić information content (AvgIpc) is 2.15. The van der Waals surface area contributed by atoms with Crippen molar-refractivity contribution in [3.05, 3.63) is 18.3 Å². The van der Waals surface area contributed by atoms with Gasteiger partial charge in [0, 0.05) is 12.6 Å². The lowest BCUT2D eigenvalue weighted by Crippen LogP contribution is -2.33. The molecule has 1 rings (SSSR count). The maximum absolute atomic E-state index is 12.7. The Balaban J connectivity index is 2.49.